The molecular formula is C10H15FSi. The predicted octanol–water partition coefficient (Wildman–Crippen LogP) is 2.87. The maximum absolute atomic E-state index is 13.2. The van der Waals surface area contributed by atoms with Crippen LogP contribution in [0.4, 0.5) is 4.11 Å². The maximum Gasteiger partial charge on any atom is 0.236 e. The quantitative estimate of drug-likeness (QED) is 0.496. The average Bonchev–Trinajstić information content (AvgIpc) is 2.06. The Balaban J connectivity index is 2.41. The van der Waals surface area contributed by atoms with Gasteiger partial charge in [-0.1, -0.05) is 43.7 Å². The number of halogens is 1. The largest absolute Gasteiger partial charge is 0.318 e. The van der Waals surface area contributed by atoms with Crippen LogP contribution < -0.4 is 0 Å². The predicted molar refractivity (Wildman–Crippen MR) is 53.5 cm³/mol. The highest BCUT2D eigenvalue weighted by atomic mass is 28.3. The maximum atomic E-state index is 13.2. The van der Waals surface area contributed by atoms with Gasteiger partial charge in [0.2, 0.25) is 9.13 Å². The number of rotatable bonds is 4. The summed E-state index contributed by atoms with van der Waals surface area (Å²) in [6, 6.07) is 11.5. The lowest BCUT2D eigenvalue weighted by Gasteiger charge is -2.03. The SMILES string of the molecule is CCC[SiH](F)Cc1ccccc1. The second kappa shape index (κ2) is 5.09. The van der Waals surface area contributed by atoms with Gasteiger partial charge >= 0.3 is 0 Å². The molecule has 0 saturated carbocycles. The zero-order chi connectivity index (χ0) is 8.81. The summed E-state index contributed by atoms with van der Waals surface area (Å²) in [6.45, 7) is 2.05. The van der Waals surface area contributed by atoms with Crippen LogP contribution in [0.5, 0.6) is 0 Å². The van der Waals surface area contributed by atoms with Crippen LogP contribution in [0.1, 0.15) is 18.9 Å². The Morgan fingerprint density at radius 1 is 1.25 bits per heavy atom. The molecule has 1 atom stereocenters. The minimum atomic E-state index is -1.93. The molecule has 0 amide bonds. The molecule has 1 unspecified atom stereocenters. The lowest BCUT2D eigenvalue weighted by atomic mass is 10.2. The molecule has 0 aromatic heterocycles. The van der Waals surface area contributed by atoms with Gasteiger partial charge in [-0.2, -0.15) is 0 Å². The molecule has 66 valence electrons. The van der Waals surface area contributed by atoms with Gasteiger partial charge in [0.25, 0.3) is 0 Å². The fourth-order valence-corrected chi connectivity index (χ4v) is 2.90. The Bertz CT molecular complexity index is 210. The third kappa shape index (κ3) is 3.18. The van der Waals surface area contributed by atoms with Gasteiger partial charge in [0, 0.05) is 0 Å². The Labute approximate surface area is 75.2 Å². The van der Waals surface area contributed by atoms with E-state index < -0.39 is 9.13 Å². The molecule has 0 saturated heterocycles. The van der Waals surface area contributed by atoms with Gasteiger partial charge in [0.05, 0.1) is 0 Å². The number of benzene rings is 1. The summed E-state index contributed by atoms with van der Waals surface area (Å²) < 4.78 is 13.2. The van der Waals surface area contributed by atoms with Crippen molar-refractivity contribution in [2.24, 2.45) is 0 Å². The van der Waals surface area contributed by atoms with Crippen molar-refractivity contribution in [1.29, 1.82) is 0 Å². The van der Waals surface area contributed by atoms with Crippen LogP contribution >= 0.6 is 0 Å². The Morgan fingerprint density at radius 3 is 2.50 bits per heavy atom. The van der Waals surface area contributed by atoms with Gasteiger partial charge < -0.3 is 4.11 Å². The second-order valence-electron chi connectivity index (χ2n) is 3.08. The molecule has 12 heavy (non-hydrogen) atoms. The molecule has 0 fully saturated rings. The summed E-state index contributed by atoms with van der Waals surface area (Å²) in [6.07, 6.45) is 0.986. The molecule has 0 heterocycles. The standard InChI is InChI=1S/C10H15FSi/c1-2-8-12(11)9-10-6-4-3-5-7-10/h3-7,12H,2,8-9H2,1H3. The van der Waals surface area contributed by atoms with E-state index in [2.05, 4.69) is 0 Å². The molecule has 0 radical (unpaired) electrons. The van der Waals surface area contributed by atoms with Crippen LogP contribution in [-0.2, 0) is 6.04 Å². The van der Waals surface area contributed by atoms with Gasteiger partial charge in [0.1, 0.15) is 0 Å². The molecule has 1 rings (SSSR count). The molecule has 1 aromatic carbocycles. The van der Waals surface area contributed by atoms with Crippen molar-refractivity contribution < 1.29 is 4.11 Å². The fraction of sp³-hybridized carbons (Fsp3) is 0.400. The highest BCUT2D eigenvalue weighted by Crippen LogP contribution is 2.07. The summed E-state index contributed by atoms with van der Waals surface area (Å²) in [5.74, 6) is 0. The summed E-state index contributed by atoms with van der Waals surface area (Å²) in [7, 11) is -1.93. The van der Waals surface area contributed by atoms with Crippen LogP contribution in [0.2, 0.25) is 6.04 Å². The van der Waals surface area contributed by atoms with Gasteiger partial charge in [0.15, 0.2) is 0 Å². The van der Waals surface area contributed by atoms with Crippen molar-refractivity contribution in [3.63, 3.8) is 0 Å². The van der Waals surface area contributed by atoms with E-state index >= 15 is 0 Å². The van der Waals surface area contributed by atoms with Gasteiger partial charge in [-0.05, 0) is 17.7 Å². The van der Waals surface area contributed by atoms with E-state index in [1.54, 1.807) is 0 Å². The lowest BCUT2D eigenvalue weighted by Crippen LogP contribution is -2.09. The van der Waals surface area contributed by atoms with Gasteiger partial charge in [-0.3, -0.25) is 0 Å². The molecule has 0 aliphatic rings. The molecule has 0 spiro atoms. The van der Waals surface area contributed by atoms with E-state index in [-0.39, 0.29) is 0 Å². The first-order valence-electron chi connectivity index (χ1n) is 4.51. The van der Waals surface area contributed by atoms with E-state index in [9.17, 15) is 4.11 Å². The van der Waals surface area contributed by atoms with Crippen molar-refractivity contribution in [2.75, 3.05) is 0 Å². The molecule has 0 nitrogen and oxygen atoms in total. The van der Waals surface area contributed by atoms with Crippen LogP contribution in [0, 0.1) is 0 Å². The zero-order valence-corrected chi connectivity index (χ0v) is 8.62. The van der Waals surface area contributed by atoms with Crippen molar-refractivity contribution in [3.8, 4) is 0 Å². The van der Waals surface area contributed by atoms with Crippen LogP contribution in [0.15, 0.2) is 30.3 Å². The van der Waals surface area contributed by atoms with Crippen LogP contribution in [0.25, 0.3) is 0 Å². The molecule has 0 aliphatic heterocycles. The smallest absolute Gasteiger partial charge is 0.236 e. The van der Waals surface area contributed by atoms with E-state index in [4.69, 9.17) is 0 Å². The van der Waals surface area contributed by atoms with Gasteiger partial charge in [-0.15, -0.1) is 0 Å². The monoisotopic (exact) mass is 182 g/mol. The molecule has 0 N–H and O–H groups in total. The molecular weight excluding hydrogens is 167 g/mol. The van der Waals surface area contributed by atoms with Crippen molar-refractivity contribution in [3.05, 3.63) is 35.9 Å². The Kier molecular flexibility index (Phi) is 4.01. The van der Waals surface area contributed by atoms with E-state index in [1.165, 1.54) is 0 Å². The number of hydrogen-bond donors (Lipinski definition) is 0. The summed E-state index contributed by atoms with van der Waals surface area (Å²) >= 11 is 0. The van der Waals surface area contributed by atoms with Crippen molar-refractivity contribution >= 4 is 9.13 Å². The van der Waals surface area contributed by atoms with Crippen LogP contribution in [0.3, 0.4) is 0 Å². The zero-order valence-electron chi connectivity index (χ0n) is 7.46. The molecule has 0 bridgehead atoms. The second-order valence-corrected chi connectivity index (χ2v) is 5.26. The van der Waals surface area contributed by atoms with Crippen LogP contribution in [-0.4, -0.2) is 9.13 Å². The van der Waals surface area contributed by atoms with E-state index in [0.717, 1.165) is 18.0 Å². The third-order valence-corrected chi connectivity index (χ3v) is 4.02. The summed E-state index contributed by atoms with van der Waals surface area (Å²) in [5, 5.41) is 0. The van der Waals surface area contributed by atoms with Crippen molar-refractivity contribution in [2.45, 2.75) is 25.4 Å². The summed E-state index contributed by atoms with van der Waals surface area (Å²) in [5.41, 5.74) is 1.16. The first-order chi connectivity index (χ1) is 5.83. The van der Waals surface area contributed by atoms with Crippen molar-refractivity contribution in [1.82, 2.24) is 0 Å². The fourth-order valence-electron chi connectivity index (χ4n) is 1.29. The lowest BCUT2D eigenvalue weighted by molar-refractivity contribution is 0.792. The number of hydrogen-bond acceptors (Lipinski definition) is 0. The highest BCUT2D eigenvalue weighted by Gasteiger charge is 2.08. The Hall–Kier alpha value is -0.633. The minimum absolute atomic E-state index is 0.703. The average molecular weight is 182 g/mol. The van der Waals surface area contributed by atoms with Gasteiger partial charge in [-0.25, -0.2) is 0 Å². The van der Waals surface area contributed by atoms with E-state index in [0.29, 0.717) is 6.04 Å². The minimum Gasteiger partial charge on any atom is -0.318 e. The first-order valence-corrected chi connectivity index (χ1v) is 6.58. The highest BCUT2D eigenvalue weighted by molar-refractivity contribution is 6.50. The first kappa shape index (κ1) is 9.45. The third-order valence-electron chi connectivity index (χ3n) is 1.90. The summed E-state index contributed by atoms with van der Waals surface area (Å²) in [4.78, 5) is 0. The molecule has 1 aromatic rings. The normalized spacial score (nSPS) is 12.8. The molecule has 2 heteroatoms. The Morgan fingerprint density at radius 2 is 1.92 bits per heavy atom. The topological polar surface area (TPSA) is 0 Å². The molecule has 0 aliphatic carbocycles. The van der Waals surface area contributed by atoms with E-state index in [1.807, 2.05) is 37.3 Å².